The smallest absolute Gasteiger partial charge is 0.191 e. The summed E-state index contributed by atoms with van der Waals surface area (Å²) in [5.41, 5.74) is 0. The third-order valence-corrected chi connectivity index (χ3v) is 5.12. The first-order chi connectivity index (χ1) is 12.5. The molecule has 1 aliphatic rings. The fourth-order valence-electron chi connectivity index (χ4n) is 3.59. The molecule has 0 saturated carbocycles. The van der Waals surface area contributed by atoms with Gasteiger partial charge in [-0.3, -0.25) is 9.89 Å². The first-order valence-corrected chi connectivity index (χ1v) is 9.89. The molecule has 27 heavy (non-hydrogen) atoms. The van der Waals surface area contributed by atoms with Crippen molar-refractivity contribution in [2.75, 3.05) is 47.3 Å². The number of likely N-dealkylation sites (tertiary alicyclic amines) is 1. The second kappa shape index (κ2) is 12.6. The van der Waals surface area contributed by atoms with Crippen LogP contribution in [0.5, 0.6) is 0 Å². The SMILES string of the molecule is CN=C(NCC(CC(C)C)N(C)C)NCC(c1ccco1)N1CCCC1.I. The number of aliphatic imine (C=N–C) groups is 1. The van der Waals surface area contributed by atoms with Crippen LogP contribution in [0, 0.1) is 5.92 Å². The Morgan fingerprint density at radius 3 is 2.41 bits per heavy atom. The molecule has 1 fully saturated rings. The number of likely N-dealkylation sites (N-methyl/N-ethyl adjacent to an activating group) is 1. The zero-order chi connectivity index (χ0) is 18.9. The molecule has 2 atom stereocenters. The zero-order valence-electron chi connectivity index (χ0n) is 17.6. The Kier molecular flexibility index (Phi) is 11.3. The fourth-order valence-corrected chi connectivity index (χ4v) is 3.59. The summed E-state index contributed by atoms with van der Waals surface area (Å²) < 4.78 is 5.70. The molecule has 156 valence electrons. The van der Waals surface area contributed by atoms with Crippen LogP contribution in [-0.2, 0) is 0 Å². The largest absolute Gasteiger partial charge is 0.468 e. The van der Waals surface area contributed by atoms with Crippen molar-refractivity contribution < 1.29 is 4.42 Å². The summed E-state index contributed by atoms with van der Waals surface area (Å²) in [7, 11) is 6.12. The average Bonchev–Trinajstić information content (AvgIpc) is 3.30. The van der Waals surface area contributed by atoms with Crippen LogP contribution in [0.3, 0.4) is 0 Å². The van der Waals surface area contributed by atoms with Crippen molar-refractivity contribution in [2.45, 2.75) is 45.2 Å². The number of halogens is 1. The molecule has 1 aromatic rings. The van der Waals surface area contributed by atoms with Crippen LogP contribution in [0.2, 0.25) is 0 Å². The summed E-state index contributed by atoms with van der Waals surface area (Å²) >= 11 is 0. The third kappa shape index (κ3) is 7.99. The number of guanidine groups is 1. The maximum absolute atomic E-state index is 5.70. The molecule has 0 bridgehead atoms. The number of nitrogens with one attached hydrogen (secondary N) is 2. The first kappa shape index (κ1) is 24.2. The fraction of sp³-hybridized carbons (Fsp3) is 0.750. The zero-order valence-corrected chi connectivity index (χ0v) is 19.9. The number of rotatable bonds is 9. The Balaban J connectivity index is 0.00000364. The minimum Gasteiger partial charge on any atom is -0.468 e. The van der Waals surface area contributed by atoms with Gasteiger partial charge in [-0.2, -0.15) is 0 Å². The molecule has 1 aromatic heterocycles. The lowest BCUT2D eigenvalue weighted by Gasteiger charge is -2.29. The number of nitrogens with zero attached hydrogens (tertiary/aromatic N) is 3. The van der Waals surface area contributed by atoms with E-state index in [0.29, 0.717) is 12.0 Å². The second-order valence-corrected chi connectivity index (χ2v) is 7.86. The van der Waals surface area contributed by atoms with Gasteiger partial charge in [-0.1, -0.05) is 13.8 Å². The predicted molar refractivity (Wildman–Crippen MR) is 124 cm³/mol. The van der Waals surface area contributed by atoms with Crippen molar-refractivity contribution in [1.29, 1.82) is 0 Å². The van der Waals surface area contributed by atoms with Crippen LogP contribution < -0.4 is 10.6 Å². The molecule has 0 amide bonds. The summed E-state index contributed by atoms with van der Waals surface area (Å²) in [5, 5.41) is 7.00. The van der Waals surface area contributed by atoms with Gasteiger partial charge in [0.05, 0.1) is 12.3 Å². The Bertz CT molecular complexity index is 526. The summed E-state index contributed by atoms with van der Waals surface area (Å²) in [6, 6.07) is 4.80. The summed E-state index contributed by atoms with van der Waals surface area (Å²) in [4.78, 5) is 9.19. The van der Waals surface area contributed by atoms with Crippen molar-refractivity contribution in [3.8, 4) is 0 Å². The molecule has 2 unspecified atom stereocenters. The van der Waals surface area contributed by atoms with E-state index >= 15 is 0 Å². The standard InChI is InChI=1S/C20H37N5O.HI/c1-16(2)13-17(24(4)5)14-22-20(21-3)23-15-18(19-9-8-12-26-19)25-10-6-7-11-25;/h8-9,12,16-18H,6-7,10-11,13-15H2,1-5H3,(H2,21,22,23);1H. The third-order valence-electron chi connectivity index (χ3n) is 5.12. The quantitative estimate of drug-likeness (QED) is 0.316. The molecule has 1 aliphatic heterocycles. The van der Waals surface area contributed by atoms with Gasteiger partial charge in [0.1, 0.15) is 5.76 Å². The van der Waals surface area contributed by atoms with Gasteiger partial charge in [0.25, 0.3) is 0 Å². The van der Waals surface area contributed by atoms with E-state index in [-0.39, 0.29) is 30.0 Å². The van der Waals surface area contributed by atoms with E-state index in [0.717, 1.165) is 37.9 Å². The second-order valence-electron chi connectivity index (χ2n) is 7.86. The molecule has 7 heteroatoms. The molecule has 1 saturated heterocycles. The highest BCUT2D eigenvalue weighted by molar-refractivity contribution is 14.0. The van der Waals surface area contributed by atoms with E-state index in [4.69, 9.17) is 4.42 Å². The Labute approximate surface area is 182 Å². The molecule has 0 aromatic carbocycles. The maximum Gasteiger partial charge on any atom is 0.191 e. The topological polar surface area (TPSA) is 56.0 Å². The molecule has 2 heterocycles. The van der Waals surface area contributed by atoms with E-state index in [1.807, 2.05) is 13.1 Å². The van der Waals surface area contributed by atoms with Gasteiger partial charge in [-0.15, -0.1) is 24.0 Å². The minimum absolute atomic E-state index is 0. The summed E-state index contributed by atoms with van der Waals surface area (Å²) in [5.74, 6) is 2.56. The molecule has 2 N–H and O–H groups in total. The Morgan fingerprint density at radius 2 is 1.89 bits per heavy atom. The van der Waals surface area contributed by atoms with Gasteiger partial charge >= 0.3 is 0 Å². The number of hydrogen-bond donors (Lipinski definition) is 2. The van der Waals surface area contributed by atoms with Gasteiger partial charge in [-0.25, -0.2) is 0 Å². The van der Waals surface area contributed by atoms with E-state index in [9.17, 15) is 0 Å². The highest BCUT2D eigenvalue weighted by atomic mass is 127. The highest BCUT2D eigenvalue weighted by Crippen LogP contribution is 2.24. The Morgan fingerprint density at radius 1 is 1.22 bits per heavy atom. The van der Waals surface area contributed by atoms with Crippen molar-refractivity contribution >= 4 is 29.9 Å². The summed E-state index contributed by atoms with van der Waals surface area (Å²) in [6.45, 7) is 8.50. The van der Waals surface area contributed by atoms with Crippen molar-refractivity contribution in [3.63, 3.8) is 0 Å². The van der Waals surface area contributed by atoms with Crippen molar-refractivity contribution in [3.05, 3.63) is 24.2 Å². The van der Waals surface area contributed by atoms with Gasteiger partial charge in [0.2, 0.25) is 0 Å². The van der Waals surface area contributed by atoms with Gasteiger partial charge in [0.15, 0.2) is 5.96 Å². The first-order valence-electron chi connectivity index (χ1n) is 9.89. The highest BCUT2D eigenvalue weighted by Gasteiger charge is 2.25. The van der Waals surface area contributed by atoms with Crippen LogP contribution in [0.4, 0.5) is 0 Å². The number of furan rings is 1. The van der Waals surface area contributed by atoms with Crippen LogP contribution in [-0.4, -0.2) is 69.1 Å². The normalized spacial score (nSPS) is 17.8. The van der Waals surface area contributed by atoms with E-state index in [1.54, 1.807) is 6.26 Å². The van der Waals surface area contributed by atoms with Crippen molar-refractivity contribution in [1.82, 2.24) is 20.4 Å². The monoisotopic (exact) mass is 491 g/mol. The molecule has 0 radical (unpaired) electrons. The van der Waals surface area contributed by atoms with Crippen LogP contribution in [0.15, 0.2) is 27.8 Å². The van der Waals surface area contributed by atoms with Gasteiger partial charge < -0.3 is 20.0 Å². The van der Waals surface area contributed by atoms with Crippen LogP contribution in [0.1, 0.15) is 44.9 Å². The minimum atomic E-state index is 0. The van der Waals surface area contributed by atoms with Crippen LogP contribution >= 0.6 is 24.0 Å². The Hall–Kier alpha value is -0.800. The molecule has 6 nitrogen and oxygen atoms in total. The lowest BCUT2D eigenvalue weighted by atomic mass is 10.0. The van der Waals surface area contributed by atoms with E-state index in [1.165, 1.54) is 19.3 Å². The lowest BCUT2D eigenvalue weighted by Crippen LogP contribution is -2.47. The maximum atomic E-state index is 5.70. The average molecular weight is 491 g/mol. The van der Waals surface area contributed by atoms with E-state index in [2.05, 4.69) is 59.4 Å². The predicted octanol–water partition coefficient (Wildman–Crippen LogP) is 3.18. The van der Waals surface area contributed by atoms with Gasteiger partial charge in [-0.05, 0) is 64.5 Å². The van der Waals surface area contributed by atoms with Crippen molar-refractivity contribution in [2.24, 2.45) is 10.9 Å². The molecule has 2 rings (SSSR count). The van der Waals surface area contributed by atoms with E-state index < -0.39 is 0 Å². The lowest BCUT2D eigenvalue weighted by molar-refractivity contribution is 0.215. The molecular formula is C20H38IN5O. The molecule has 0 spiro atoms. The number of hydrogen-bond acceptors (Lipinski definition) is 4. The molecule has 0 aliphatic carbocycles. The van der Waals surface area contributed by atoms with Crippen LogP contribution in [0.25, 0.3) is 0 Å². The van der Waals surface area contributed by atoms with Gasteiger partial charge in [0, 0.05) is 26.2 Å². The molecular weight excluding hydrogens is 453 g/mol. The summed E-state index contributed by atoms with van der Waals surface area (Å²) in [6.07, 6.45) is 5.46.